The van der Waals surface area contributed by atoms with Crippen LogP contribution in [-0.2, 0) is 9.47 Å². The summed E-state index contributed by atoms with van der Waals surface area (Å²) in [6.45, 7) is 1.37. The predicted molar refractivity (Wildman–Crippen MR) is 88.5 cm³/mol. The normalized spacial score (nSPS) is 28.2. The predicted octanol–water partition coefficient (Wildman–Crippen LogP) is 1.86. The maximum absolute atomic E-state index is 12.9. The summed E-state index contributed by atoms with van der Waals surface area (Å²) in [6.07, 6.45) is 4.65. The highest BCUT2D eigenvalue weighted by Gasteiger charge is 2.54. The number of hydrogen-bond donors (Lipinski definition) is 2. The zero-order chi connectivity index (χ0) is 16.5. The van der Waals surface area contributed by atoms with E-state index in [0.717, 1.165) is 18.6 Å². The minimum absolute atomic E-state index is 0.0709. The van der Waals surface area contributed by atoms with Gasteiger partial charge in [-0.2, -0.15) is 0 Å². The highest BCUT2D eigenvalue weighted by molar-refractivity contribution is 6.00. The Balaban J connectivity index is 1.55. The lowest BCUT2D eigenvalue weighted by atomic mass is 9.67. The minimum atomic E-state index is -0.0709. The van der Waals surface area contributed by atoms with Crippen LogP contribution >= 0.6 is 0 Å². The van der Waals surface area contributed by atoms with Crippen molar-refractivity contribution in [2.75, 3.05) is 20.3 Å². The summed E-state index contributed by atoms with van der Waals surface area (Å²) in [6, 6.07) is 7.63. The van der Waals surface area contributed by atoms with Gasteiger partial charge in [0.15, 0.2) is 0 Å². The zero-order valence-electron chi connectivity index (χ0n) is 13.6. The molecule has 1 amide bonds. The second-order valence-electron chi connectivity index (χ2n) is 6.39. The number of H-pyrrole nitrogens is 1. The number of fused-ring (bicyclic) bond motifs is 1. The van der Waals surface area contributed by atoms with E-state index < -0.39 is 0 Å². The first kappa shape index (κ1) is 15.4. The molecule has 24 heavy (non-hydrogen) atoms. The van der Waals surface area contributed by atoms with Crippen LogP contribution in [-0.4, -0.2) is 48.3 Å². The van der Waals surface area contributed by atoms with Gasteiger partial charge < -0.3 is 19.8 Å². The number of imidazole rings is 1. The Bertz CT molecular complexity index is 716. The first-order chi connectivity index (χ1) is 11.8. The van der Waals surface area contributed by atoms with Gasteiger partial charge in [0.05, 0.1) is 18.3 Å². The van der Waals surface area contributed by atoms with Gasteiger partial charge in [0.1, 0.15) is 5.82 Å². The fourth-order valence-corrected chi connectivity index (χ4v) is 3.96. The third-order valence-electron chi connectivity index (χ3n) is 5.11. The summed E-state index contributed by atoms with van der Waals surface area (Å²) >= 11 is 0. The number of methoxy groups -OCH3 is 1. The molecule has 126 valence electrons. The van der Waals surface area contributed by atoms with Gasteiger partial charge in [-0.05, 0) is 12.5 Å². The van der Waals surface area contributed by atoms with Crippen LogP contribution in [0.3, 0.4) is 0 Å². The van der Waals surface area contributed by atoms with E-state index in [4.69, 9.17) is 9.47 Å². The molecule has 0 spiro atoms. The number of hydrogen-bond acceptors (Lipinski definition) is 4. The quantitative estimate of drug-likeness (QED) is 0.879. The summed E-state index contributed by atoms with van der Waals surface area (Å²) in [4.78, 5) is 20.2. The summed E-state index contributed by atoms with van der Waals surface area (Å²) in [5, 5.41) is 3.20. The van der Waals surface area contributed by atoms with Crippen LogP contribution in [0.2, 0.25) is 0 Å². The van der Waals surface area contributed by atoms with Gasteiger partial charge in [-0.25, -0.2) is 4.98 Å². The van der Waals surface area contributed by atoms with Crippen molar-refractivity contribution >= 4 is 5.91 Å². The molecule has 1 saturated heterocycles. The van der Waals surface area contributed by atoms with Crippen LogP contribution in [0.15, 0.2) is 36.7 Å². The van der Waals surface area contributed by atoms with Gasteiger partial charge in [0.25, 0.3) is 5.91 Å². The molecule has 6 nitrogen and oxygen atoms in total. The number of benzene rings is 1. The SMILES string of the molecule is COC[C@H]1[C@@H](NC(=O)c2ccccc2-c2ncc[nH]2)[C@H]2CCO[C@H]21. The molecule has 0 bridgehead atoms. The number of nitrogens with zero attached hydrogens (tertiary/aromatic N) is 1. The first-order valence-electron chi connectivity index (χ1n) is 8.30. The topological polar surface area (TPSA) is 76.2 Å². The Kier molecular flexibility index (Phi) is 4.08. The number of nitrogens with one attached hydrogen (secondary N) is 2. The summed E-state index contributed by atoms with van der Waals surface area (Å²) in [5.41, 5.74) is 1.44. The van der Waals surface area contributed by atoms with Crippen LogP contribution in [0.5, 0.6) is 0 Å². The third kappa shape index (κ3) is 2.52. The largest absolute Gasteiger partial charge is 0.384 e. The van der Waals surface area contributed by atoms with Gasteiger partial charge in [-0.3, -0.25) is 4.79 Å². The lowest BCUT2D eigenvalue weighted by Crippen LogP contribution is -2.62. The van der Waals surface area contributed by atoms with Crippen molar-refractivity contribution in [1.82, 2.24) is 15.3 Å². The Hall–Kier alpha value is -2.18. The van der Waals surface area contributed by atoms with E-state index in [1.165, 1.54) is 0 Å². The average molecular weight is 327 g/mol. The molecule has 1 saturated carbocycles. The van der Waals surface area contributed by atoms with E-state index >= 15 is 0 Å². The van der Waals surface area contributed by atoms with E-state index in [1.807, 2.05) is 24.3 Å². The first-order valence-corrected chi connectivity index (χ1v) is 8.30. The lowest BCUT2D eigenvalue weighted by Gasteiger charge is -2.47. The average Bonchev–Trinajstić information content (AvgIpc) is 3.27. The van der Waals surface area contributed by atoms with Crippen LogP contribution in [0.4, 0.5) is 0 Å². The van der Waals surface area contributed by atoms with Gasteiger partial charge in [0.2, 0.25) is 0 Å². The molecular weight excluding hydrogens is 306 g/mol. The number of carbonyl (C=O) groups excluding carboxylic acids is 1. The summed E-state index contributed by atoms with van der Waals surface area (Å²) in [7, 11) is 1.69. The van der Waals surface area contributed by atoms with Gasteiger partial charge >= 0.3 is 0 Å². The van der Waals surface area contributed by atoms with Crippen molar-refractivity contribution in [1.29, 1.82) is 0 Å². The van der Waals surface area contributed by atoms with Crippen LogP contribution in [0.1, 0.15) is 16.8 Å². The fraction of sp³-hybridized carbons (Fsp3) is 0.444. The molecular formula is C18H21N3O3. The molecule has 2 N–H and O–H groups in total. The van der Waals surface area contributed by atoms with E-state index in [-0.39, 0.29) is 24.0 Å². The molecule has 2 fully saturated rings. The molecule has 2 aromatic rings. The number of amides is 1. The number of rotatable bonds is 5. The molecule has 4 atom stereocenters. The molecule has 1 aliphatic heterocycles. The van der Waals surface area contributed by atoms with Crippen molar-refractivity contribution in [3.8, 4) is 11.4 Å². The van der Waals surface area contributed by atoms with Crippen molar-refractivity contribution in [2.45, 2.75) is 18.6 Å². The van der Waals surface area contributed by atoms with E-state index in [9.17, 15) is 4.79 Å². The van der Waals surface area contributed by atoms with Crippen molar-refractivity contribution in [2.24, 2.45) is 11.8 Å². The molecule has 0 unspecified atom stereocenters. The summed E-state index contributed by atoms with van der Waals surface area (Å²) < 4.78 is 11.1. The van der Waals surface area contributed by atoms with Crippen molar-refractivity contribution < 1.29 is 14.3 Å². The number of aromatic nitrogens is 2. The Labute approximate surface area is 140 Å². The molecule has 2 heterocycles. The smallest absolute Gasteiger partial charge is 0.252 e. The highest BCUT2D eigenvalue weighted by Crippen LogP contribution is 2.44. The van der Waals surface area contributed by atoms with Crippen molar-refractivity contribution in [3.63, 3.8) is 0 Å². The molecule has 1 aliphatic carbocycles. The highest BCUT2D eigenvalue weighted by atomic mass is 16.5. The number of carbonyl (C=O) groups is 1. The lowest BCUT2D eigenvalue weighted by molar-refractivity contribution is -0.0809. The van der Waals surface area contributed by atoms with Crippen LogP contribution < -0.4 is 5.32 Å². The maximum atomic E-state index is 12.9. The Morgan fingerprint density at radius 1 is 1.46 bits per heavy atom. The number of aromatic amines is 1. The Morgan fingerprint density at radius 3 is 3.12 bits per heavy atom. The molecule has 6 heteroatoms. The monoisotopic (exact) mass is 327 g/mol. The minimum Gasteiger partial charge on any atom is -0.384 e. The second kappa shape index (κ2) is 6.37. The Morgan fingerprint density at radius 2 is 2.33 bits per heavy atom. The molecule has 0 radical (unpaired) electrons. The van der Waals surface area contributed by atoms with Crippen LogP contribution in [0, 0.1) is 11.8 Å². The zero-order valence-corrected chi connectivity index (χ0v) is 13.6. The molecule has 1 aromatic heterocycles. The van der Waals surface area contributed by atoms with Gasteiger partial charge in [-0.1, -0.05) is 18.2 Å². The van der Waals surface area contributed by atoms with Gasteiger partial charge in [-0.15, -0.1) is 0 Å². The van der Waals surface area contributed by atoms with Crippen molar-refractivity contribution in [3.05, 3.63) is 42.2 Å². The molecule has 4 rings (SSSR count). The van der Waals surface area contributed by atoms with E-state index in [1.54, 1.807) is 19.5 Å². The standard InChI is InChI=1S/C18H21N3O3/c1-23-10-14-15(13-6-9-24-16(13)14)21-18(22)12-5-3-2-4-11(12)17-19-7-8-20-17/h2-5,7-8,13-16H,6,9-10H2,1H3,(H,19,20)(H,21,22)/t13-,14+,15+,16-/m1/s1. The number of ether oxygens (including phenoxy) is 2. The molecule has 2 aliphatic rings. The third-order valence-corrected chi connectivity index (χ3v) is 5.11. The van der Waals surface area contributed by atoms with Crippen LogP contribution in [0.25, 0.3) is 11.4 Å². The molecule has 1 aromatic carbocycles. The second-order valence-corrected chi connectivity index (χ2v) is 6.39. The van der Waals surface area contributed by atoms with E-state index in [2.05, 4.69) is 15.3 Å². The summed E-state index contributed by atoms with van der Waals surface area (Å²) in [5.74, 6) is 1.25. The maximum Gasteiger partial charge on any atom is 0.252 e. The van der Waals surface area contributed by atoms with E-state index in [0.29, 0.717) is 23.9 Å². The van der Waals surface area contributed by atoms with Gasteiger partial charge in [0, 0.05) is 49.6 Å². The fourth-order valence-electron chi connectivity index (χ4n) is 3.96.